The van der Waals surface area contributed by atoms with Gasteiger partial charge in [-0.1, -0.05) is 30.3 Å². The maximum Gasteiger partial charge on any atom is 0.225 e. The molecule has 0 saturated carbocycles. The van der Waals surface area contributed by atoms with Crippen LogP contribution in [0.4, 0.5) is 0 Å². The fourth-order valence-electron chi connectivity index (χ4n) is 3.71. The first-order chi connectivity index (χ1) is 12.2. The SMILES string of the molecule is O=C(NC1CCc2nccn2C1)C1CC(=O)N(Cc2ccccc2)C1. The molecule has 130 valence electrons. The zero-order chi connectivity index (χ0) is 17.2. The largest absolute Gasteiger partial charge is 0.351 e. The van der Waals surface area contributed by atoms with Gasteiger partial charge in [-0.3, -0.25) is 9.59 Å². The molecule has 1 saturated heterocycles. The van der Waals surface area contributed by atoms with Crippen molar-refractivity contribution < 1.29 is 9.59 Å². The summed E-state index contributed by atoms with van der Waals surface area (Å²) in [6.07, 6.45) is 5.84. The zero-order valence-electron chi connectivity index (χ0n) is 14.1. The first-order valence-corrected chi connectivity index (χ1v) is 8.81. The van der Waals surface area contributed by atoms with E-state index in [1.807, 2.05) is 36.5 Å². The number of nitrogens with one attached hydrogen (secondary N) is 1. The highest BCUT2D eigenvalue weighted by Crippen LogP contribution is 2.21. The van der Waals surface area contributed by atoms with Crippen LogP contribution in [0.15, 0.2) is 42.7 Å². The van der Waals surface area contributed by atoms with Crippen molar-refractivity contribution in [1.29, 1.82) is 0 Å². The number of amides is 2. The lowest BCUT2D eigenvalue weighted by molar-refractivity contribution is -0.129. The third kappa shape index (κ3) is 3.43. The van der Waals surface area contributed by atoms with Crippen LogP contribution in [-0.4, -0.2) is 38.9 Å². The van der Waals surface area contributed by atoms with E-state index in [4.69, 9.17) is 0 Å². The normalized spacial score (nSPS) is 22.7. The Labute approximate surface area is 146 Å². The molecule has 1 N–H and O–H groups in total. The summed E-state index contributed by atoms with van der Waals surface area (Å²) in [7, 11) is 0. The first kappa shape index (κ1) is 15.9. The number of hydrogen-bond donors (Lipinski definition) is 1. The molecule has 0 bridgehead atoms. The number of benzene rings is 1. The molecule has 1 aromatic carbocycles. The summed E-state index contributed by atoms with van der Waals surface area (Å²) in [6, 6.07) is 10.0. The summed E-state index contributed by atoms with van der Waals surface area (Å²) < 4.78 is 2.09. The van der Waals surface area contributed by atoms with E-state index < -0.39 is 0 Å². The Kier molecular flexibility index (Phi) is 4.26. The second-order valence-electron chi connectivity index (χ2n) is 6.90. The fourth-order valence-corrected chi connectivity index (χ4v) is 3.71. The minimum absolute atomic E-state index is 0.00234. The molecular formula is C19H22N4O2. The minimum Gasteiger partial charge on any atom is -0.351 e. The highest BCUT2D eigenvalue weighted by Gasteiger charge is 2.35. The summed E-state index contributed by atoms with van der Waals surface area (Å²) in [5.74, 6) is 0.887. The van der Waals surface area contributed by atoms with Gasteiger partial charge >= 0.3 is 0 Å². The summed E-state index contributed by atoms with van der Waals surface area (Å²) >= 11 is 0. The molecule has 0 radical (unpaired) electrons. The summed E-state index contributed by atoms with van der Waals surface area (Å²) in [4.78, 5) is 30.9. The highest BCUT2D eigenvalue weighted by molar-refractivity contribution is 5.89. The van der Waals surface area contributed by atoms with E-state index in [0.717, 1.165) is 30.8 Å². The van der Waals surface area contributed by atoms with E-state index in [1.54, 1.807) is 11.1 Å². The third-order valence-electron chi connectivity index (χ3n) is 5.08. The fraction of sp³-hybridized carbons (Fsp3) is 0.421. The van der Waals surface area contributed by atoms with Crippen molar-refractivity contribution in [1.82, 2.24) is 19.8 Å². The van der Waals surface area contributed by atoms with E-state index in [1.165, 1.54) is 0 Å². The Morgan fingerprint density at radius 1 is 1.24 bits per heavy atom. The molecular weight excluding hydrogens is 316 g/mol. The minimum atomic E-state index is -0.250. The number of aryl methyl sites for hydroxylation is 1. The van der Waals surface area contributed by atoms with Crippen LogP contribution in [0, 0.1) is 5.92 Å². The first-order valence-electron chi connectivity index (χ1n) is 8.81. The van der Waals surface area contributed by atoms with Crippen LogP contribution in [0.5, 0.6) is 0 Å². The maximum atomic E-state index is 12.6. The number of carbonyl (C=O) groups excluding carboxylic acids is 2. The molecule has 1 fully saturated rings. The standard InChI is InChI=1S/C19H22N4O2/c24-18-10-15(12-23(18)11-14-4-2-1-3-5-14)19(25)21-16-6-7-17-20-8-9-22(17)13-16/h1-5,8-9,15-16H,6-7,10-13H2,(H,21,25). The van der Waals surface area contributed by atoms with Crippen molar-refractivity contribution in [2.75, 3.05) is 6.54 Å². The molecule has 3 heterocycles. The third-order valence-corrected chi connectivity index (χ3v) is 5.08. The van der Waals surface area contributed by atoms with Crippen LogP contribution in [-0.2, 0) is 29.1 Å². The Morgan fingerprint density at radius 3 is 2.92 bits per heavy atom. The number of hydrogen-bond acceptors (Lipinski definition) is 3. The average molecular weight is 338 g/mol. The van der Waals surface area contributed by atoms with Crippen LogP contribution in [0.25, 0.3) is 0 Å². The van der Waals surface area contributed by atoms with Gasteiger partial charge in [-0.05, 0) is 12.0 Å². The van der Waals surface area contributed by atoms with Crippen LogP contribution < -0.4 is 5.32 Å². The molecule has 2 aliphatic rings. The smallest absolute Gasteiger partial charge is 0.225 e. The van der Waals surface area contributed by atoms with Gasteiger partial charge in [0.15, 0.2) is 0 Å². The molecule has 1 aromatic heterocycles. The number of fused-ring (bicyclic) bond motifs is 1. The van der Waals surface area contributed by atoms with Crippen molar-refractivity contribution >= 4 is 11.8 Å². The van der Waals surface area contributed by atoms with E-state index >= 15 is 0 Å². The van der Waals surface area contributed by atoms with E-state index in [9.17, 15) is 9.59 Å². The summed E-state index contributed by atoms with van der Waals surface area (Å²) in [6.45, 7) is 1.84. The van der Waals surface area contributed by atoms with E-state index in [-0.39, 0.29) is 23.8 Å². The van der Waals surface area contributed by atoms with Crippen LogP contribution in [0.1, 0.15) is 24.2 Å². The summed E-state index contributed by atoms with van der Waals surface area (Å²) in [5.41, 5.74) is 1.09. The number of aromatic nitrogens is 2. The predicted molar refractivity (Wildman–Crippen MR) is 92.4 cm³/mol. The van der Waals surface area contributed by atoms with Crippen molar-refractivity contribution in [3.63, 3.8) is 0 Å². The molecule has 2 aromatic rings. The molecule has 6 heteroatoms. The van der Waals surface area contributed by atoms with Crippen LogP contribution in [0.2, 0.25) is 0 Å². The molecule has 2 amide bonds. The number of imidazole rings is 1. The maximum absolute atomic E-state index is 12.6. The average Bonchev–Trinajstić information content (AvgIpc) is 3.22. The Balaban J connectivity index is 1.33. The Hall–Kier alpha value is -2.63. The van der Waals surface area contributed by atoms with Gasteiger partial charge < -0.3 is 14.8 Å². The number of likely N-dealkylation sites (tertiary alicyclic amines) is 1. The second kappa shape index (κ2) is 6.70. The predicted octanol–water partition coefficient (Wildman–Crippen LogP) is 1.36. The van der Waals surface area contributed by atoms with Crippen molar-refractivity contribution in [2.24, 2.45) is 5.92 Å². The lowest BCUT2D eigenvalue weighted by Crippen LogP contribution is -2.44. The number of nitrogens with zero attached hydrogens (tertiary/aromatic N) is 3. The van der Waals surface area contributed by atoms with Gasteiger partial charge in [0.25, 0.3) is 0 Å². The monoisotopic (exact) mass is 338 g/mol. The van der Waals surface area contributed by atoms with Gasteiger partial charge in [0.05, 0.1) is 5.92 Å². The highest BCUT2D eigenvalue weighted by atomic mass is 16.2. The lowest BCUT2D eigenvalue weighted by atomic mass is 10.0. The summed E-state index contributed by atoms with van der Waals surface area (Å²) in [5, 5.41) is 3.13. The van der Waals surface area contributed by atoms with Gasteiger partial charge in [-0.25, -0.2) is 4.98 Å². The van der Waals surface area contributed by atoms with Gasteiger partial charge in [-0.15, -0.1) is 0 Å². The second-order valence-corrected chi connectivity index (χ2v) is 6.90. The number of carbonyl (C=O) groups is 2. The van der Waals surface area contributed by atoms with Gasteiger partial charge in [-0.2, -0.15) is 0 Å². The molecule has 25 heavy (non-hydrogen) atoms. The van der Waals surface area contributed by atoms with E-state index in [0.29, 0.717) is 19.5 Å². The topological polar surface area (TPSA) is 67.2 Å². The van der Waals surface area contributed by atoms with Gasteiger partial charge in [0.2, 0.25) is 11.8 Å². The van der Waals surface area contributed by atoms with Crippen LogP contribution >= 0.6 is 0 Å². The zero-order valence-corrected chi connectivity index (χ0v) is 14.1. The molecule has 2 aliphatic heterocycles. The number of rotatable bonds is 4. The Morgan fingerprint density at radius 2 is 2.08 bits per heavy atom. The van der Waals surface area contributed by atoms with Gasteiger partial charge in [0, 0.05) is 50.9 Å². The van der Waals surface area contributed by atoms with Crippen molar-refractivity contribution in [2.45, 2.75) is 38.4 Å². The molecule has 0 aliphatic carbocycles. The molecule has 4 rings (SSSR count). The van der Waals surface area contributed by atoms with E-state index in [2.05, 4.69) is 14.9 Å². The lowest BCUT2D eigenvalue weighted by Gasteiger charge is -2.26. The molecule has 6 nitrogen and oxygen atoms in total. The van der Waals surface area contributed by atoms with Crippen molar-refractivity contribution in [3.05, 3.63) is 54.1 Å². The quantitative estimate of drug-likeness (QED) is 0.915. The Bertz CT molecular complexity index is 771. The van der Waals surface area contributed by atoms with Gasteiger partial charge in [0.1, 0.15) is 5.82 Å². The van der Waals surface area contributed by atoms with Crippen molar-refractivity contribution in [3.8, 4) is 0 Å². The molecule has 2 unspecified atom stereocenters. The molecule has 2 atom stereocenters. The molecule has 0 spiro atoms. The van der Waals surface area contributed by atoms with Crippen LogP contribution in [0.3, 0.4) is 0 Å².